The molecule has 2 aromatic rings. The number of nitro groups is 1. The molecule has 2 rings (SSSR count). The van der Waals surface area contributed by atoms with E-state index < -0.39 is 4.92 Å². The van der Waals surface area contributed by atoms with E-state index in [-0.39, 0.29) is 11.6 Å². The van der Waals surface area contributed by atoms with Crippen molar-refractivity contribution >= 4 is 17.3 Å². The minimum atomic E-state index is -0.486. The van der Waals surface area contributed by atoms with Crippen molar-refractivity contribution in [3.8, 4) is 11.5 Å². The van der Waals surface area contributed by atoms with Crippen LogP contribution in [-0.4, -0.2) is 10.8 Å². The summed E-state index contributed by atoms with van der Waals surface area (Å²) in [6, 6.07) is 12.7. The monoisotopic (exact) mass is 272 g/mol. The van der Waals surface area contributed by atoms with Crippen molar-refractivity contribution < 1.29 is 14.5 Å². The molecule has 6 nitrogen and oxygen atoms in total. The molecule has 0 spiro atoms. The fourth-order valence-corrected chi connectivity index (χ4v) is 1.64. The number of carbonyl (C=O) groups excluding carboxylic acids is 1. The Kier molecular flexibility index (Phi) is 3.95. The number of ether oxygens (including phenoxy) is 1. The highest BCUT2D eigenvalue weighted by Crippen LogP contribution is 2.26. The van der Waals surface area contributed by atoms with Crippen LogP contribution >= 0.6 is 0 Å². The van der Waals surface area contributed by atoms with Crippen LogP contribution < -0.4 is 10.1 Å². The highest BCUT2D eigenvalue weighted by Gasteiger charge is 2.07. The number of anilines is 1. The zero-order chi connectivity index (χ0) is 14.5. The second-order valence-electron chi connectivity index (χ2n) is 4.07. The maximum atomic E-state index is 11.0. The summed E-state index contributed by atoms with van der Waals surface area (Å²) in [5.41, 5.74) is 0.556. The Morgan fingerprint density at radius 3 is 2.45 bits per heavy atom. The third-order valence-electron chi connectivity index (χ3n) is 2.42. The van der Waals surface area contributed by atoms with Gasteiger partial charge in [0.05, 0.1) is 11.0 Å². The van der Waals surface area contributed by atoms with E-state index in [0.29, 0.717) is 17.2 Å². The Bertz CT molecular complexity index is 655. The molecule has 0 unspecified atom stereocenters. The molecule has 0 aliphatic heterocycles. The van der Waals surface area contributed by atoms with Crippen molar-refractivity contribution in [2.75, 3.05) is 5.32 Å². The number of rotatable bonds is 4. The molecule has 0 saturated heterocycles. The third-order valence-corrected chi connectivity index (χ3v) is 2.42. The quantitative estimate of drug-likeness (QED) is 0.683. The largest absolute Gasteiger partial charge is 0.457 e. The lowest BCUT2D eigenvalue weighted by Crippen LogP contribution is -2.05. The molecule has 102 valence electrons. The molecule has 0 aliphatic rings. The molecule has 0 heterocycles. The van der Waals surface area contributed by atoms with Crippen LogP contribution in [0.5, 0.6) is 11.5 Å². The van der Waals surface area contributed by atoms with Crippen molar-refractivity contribution in [3.05, 3.63) is 58.6 Å². The van der Waals surface area contributed by atoms with Gasteiger partial charge in [0.25, 0.3) is 5.69 Å². The Morgan fingerprint density at radius 1 is 1.15 bits per heavy atom. The Labute approximate surface area is 115 Å². The Morgan fingerprint density at radius 2 is 1.80 bits per heavy atom. The second kappa shape index (κ2) is 5.83. The first-order valence-electron chi connectivity index (χ1n) is 5.84. The van der Waals surface area contributed by atoms with E-state index in [4.69, 9.17) is 4.74 Å². The van der Waals surface area contributed by atoms with Gasteiger partial charge >= 0.3 is 0 Å². The van der Waals surface area contributed by atoms with Gasteiger partial charge in [0.15, 0.2) is 0 Å². The van der Waals surface area contributed by atoms with Gasteiger partial charge in [0.1, 0.15) is 11.5 Å². The van der Waals surface area contributed by atoms with E-state index in [9.17, 15) is 14.9 Å². The van der Waals surface area contributed by atoms with Crippen molar-refractivity contribution in [2.24, 2.45) is 0 Å². The first-order chi connectivity index (χ1) is 9.54. The lowest BCUT2D eigenvalue weighted by atomic mass is 10.3. The van der Waals surface area contributed by atoms with Crippen molar-refractivity contribution in [1.29, 1.82) is 0 Å². The highest BCUT2D eigenvalue weighted by molar-refractivity contribution is 5.88. The first kappa shape index (κ1) is 13.5. The maximum Gasteiger partial charge on any atom is 0.273 e. The SMILES string of the molecule is CC(=O)Nc1cccc(Oc2cccc([N+](=O)[O-])c2)c1. The molecule has 0 atom stereocenters. The molecule has 0 bridgehead atoms. The number of non-ortho nitro benzene ring substituents is 1. The number of nitro benzene ring substituents is 1. The first-order valence-corrected chi connectivity index (χ1v) is 5.84. The summed E-state index contributed by atoms with van der Waals surface area (Å²) in [5, 5.41) is 13.3. The lowest BCUT2D eigenvalue weighted by molar-refractivity contribution is -0.384. The van der Waals surface area contributed by atoms with E-state index in [1.807, 2.05) is 0 Å². The van der Waals surface area contributed by atoms with E-state index in [1.54, 1.807) is 36.4 Å². The maximum absolute atomic E-state index is 11.0. The lowest BCUT2D eigenvalue weighted by Gasteiger charge is -2.07. The van der Waals surface area contributed by atoms with Crippen LogP contribution in [0.15, 0.2) is 48.5 Å². The summed E-state index contributed by atoms with van der Waals surface area (Å²) < 4.78 is 5.54. The summed E-state index contributed by atoms with van der Waals surface area (Å²) >= 11 is 0. The van der Waals surface area contributed by atoms with Gasteiger partial charge in [-0.1, -0.05) is 12.1 Å². The molecule has 0 aromatic heterocycles. The predicted molar refractivity (Wildman–Crippen MR) is 73.9 cm³/mol. The third kappa shape index (κ3) is 3.55. The summed E-state index contributed by atoms with van der Waals surface area (Å²) in [6.45, 7) is 1.41. The van der Waals surface area contributed by atoms with Gasteiger partial charge in [0.2, 0.25) is 5.91 Å². The normalized spacial score (nSPS) is 9.85. The zero-order valence-electron chi connectivity index (χ0n) is 10.7. The molecule has 2 aromatic carbocycles. The van der Waals surface area contributed by atoms with Crippen LogP contribution in [-0.2, 0) is 4.79 Å². The van der Waals surface area contributed by atoms with Crippen molar-refractivity contribution in [2.45, 2.75) is 6.92 Å². The van der Waals surface area contributed by atoms with Gasteiger partial charge in [-0.05, 0) is 18.2 Å². The van der Waals surface area contributed by atoms with Crippen LogP contribution in [0.1, 0.15) is 6.92 Å². The minimum absolute atomic E-state index is 0.0412. The molecule has 6 heteroatoms. The van der Waals surface area contributed by atoms with Gasteiger partial charge in [0, 0.05) is 24.7 Å². The average molecular weight is 272 g/mol. The fourth-order valence-electron chi connectivity index (χ4n) is 1.64. The van der Waals surface area contributed by atoms with Gasteiger partial charge in [-0.25, -0.2) is 0 Å². The van der Waals surface area contributed by atoms with Crippen LogP contribution in [0, 0.1) is 10.1 Å². The summed E-state index contributed by atoms with van der Waals surface area (Å²) in [6.07, 6.45) is 0. The average Bonchev–Trinajstić information content (AvgIpc) is 2.38. The van der Waals surface area contributed by atoms with Crippen LogP contribution in [0.2, 0.25) is 0 Å². The molecule has 0 saturated carbocycles. The molecule has 0 fully saturated rings. The summed E-state index contributed by atoms with van der Waals surface area (Å²) in [7, 11) is 0. The fraction of sp³-hybridized carbons (Fsp3) is 0.0714. The Hall–Kier alpha value is -2.89. The molecular weight excluding hydrogens is 260 g/mol. The molecule has 0 radical (unpaired) electrons. The van der Waals surface area contributed by atoms with Gasteiger partial charge in [-0.15, -0.1) is 0 Å². The molecule has 20 heavy (non-hydrogen) atoms. The minimum Gasteiger partial charge on any atom is -0.457 e. The molecular formula is C14H12N2O4. The molecule has 0 aliphatic carbocycles. The second-order valence-corrected chi connectivity index (χ2v) is 4.07. The van der Waals surface area contributed by atoms with Gasteiger partial charge in [-0.3, -0.25) is 14.9 Å². The predicted octanol–water partition coefficient (Wildman–Crippen LogP) is 3.35. The number of carbonyl (C=O) groups is 1. The van der Waals surface area contributed by atoms with E-state index >= 15 is 0 Å². The zero-order valence-corrected chi connectivity index (χ0v) is 10.7. The number of amides is 1. The Balaban J connectivity index is 2.19. The van der Waals surface area contributed by atoms with Crippen LogP contribution in [0.3, 0.4) is 0 Å². The van der Waals surface area contributed by atoms with Gasteiger partial charge < -0.3 is 10.1 Å². The number of nitrogens with one attached hydrogen (secondary N) is 1. The van der Waals surface area contributed by atoms with Crippen molar-refractivity contribution in [3.63, 3.8) is 0 Å². The number of nitrogens with zero attached hydrogens (tertiary/aromatic N) is 1. The summed E-state index contributed by atoms with van der Waals surface area (Å²) in [4.78, 5) is 21.2. The van der Waals surface area contributed by atoms with Crippen LogP contribution in [0.25, 0.3) is 0 Å². The van der Waals surface area contributed by atoms with E-state index in [0.717, 1.165) is 0 Å². The number of hydrogen-bond donors (Lipinski definition) is 1. The number of hydrogen-bond acceptors (Lipinski definition) is 4. The summed E-state index contributed by atoms with van der Waals surface area (Å²) in [5.74, 6) is 0.661. The standard InChI is InChI=1S/C14H12N2O4/c1-10(17)15-11-4-2-6-13(8-11)20-14-7-3-5-12(9-14)16(18)19/h2-9H,1H3,(H,15,17). The highest BCUT2D eigenvalue weighted by atomic mass is 16.6. The molecule has 1 amide bonds. The van der Waals surface area contributed by atoms with Crippen molar-refractivity contribution in [1.82, 2.24) is 0 Å². The molecule has 1 N–H and O–H groups in total. The topological polar surface area (TPSA) is 81.5 Å². The van der Waals surface area contributed by atoms with Gasteiger partial charge in [-0.2, -0.15) is 0 Å². The van der Waals surface area contributed by atoms with Crippen LogP contribution in [0.4, 0.5) is 11.4 Å². The smallest absolute Gasteiger partial charge is 0.273 e. The number of benzene rings is 2. The van der Waals surface area contributed by atoms with E-state index in [1.165, 1.54) is 19.1 Å². The van der Waals surface area contributed by atoms with E-state index in [2.05, 4.69) is 5.32 Å².